The molecule has 1 aliphatic rings. The summed E-state index contributed by atoms with van der Waals surface area (Å²) in [4.78, 5) is 9.02. The summed E-state index contributed by atoms with van der Waals surface area (Å²) in [6, 6.07) is 10.2. The summed E-state index contributed by atoms with van der Waals surface area (Å²) in [5, 5.41) is 8.42. The number of rotatable bonds is 2. The van der Waals surface area contributed by atoms with Gasteiger partial charge in [-0.3, -0.25) is 0 Å². The molecule has 3 aromatic rings. The minimum atomic E-state index is 0.382. The number of hydrogen-bond donors (Lipinski definition) is 1. The molecule has 1 aliphatic carbocycles. The lowest BCUT2D eigenvalue weighted by atomic mass is 10.2. The normalized spacial score (nSPS) is 15.8. The van der Waals surface area contributed by atoms with Crippen molar-refractivity contribution in [3.8, 4) is 11.4 Å². The van der Waals surface area contributed by atoms with E-state index in [0.29, 0.717) is 23.2 Å². The summed E-state index contributed by atoms with van der Waals surface area (Å²) in [5.74, 6) is 1.02. The van der Waals surface area contributed by atoms with Crippen molar-refractivity contribution in [2.24, 2.45) is 0 Å². The highest BCUT2D eigenvalue weighted by atomic mass is 15.5. The minimum Gasteiger partial charge on any atom is -0.382 e. The molecule has 0 amide bonds. The van der Waals surface area contributed by atoms with E-state index in [1.54, 1.807) is 0 Å². The van der Waals surface area contributed by atoms with E-state index in [1.165, 1.54) is 12.8 Å². The van der Waals surface area contributed by atoms with Gasteiger partial charge in [0.25, 0.3) is 0 Å². The van der Waals surface area contributed by atoms with Gasteiger partial charge in [0.15, 0.2) is 22.8 Å². The zero-order valence-corrected chi connectivity index (χ0v) is 11.6. The molecule has 0 unspecified atom stereocenters. The van der Waals surface area contributed by atoms with Crippen molar-refractivity contribution in [2.75, 3.05) is 5.73 Å². The van der Waals surface area contributed by atoms with Crippen molar-refractivity contribution in [3.05, 3.63) is 30.3 Å². The number of nitrogen functional groups attached to an aromatic ring is 1. The minimum absolute atomic E-state index is 0.382. The first-order valence-electron chi connectivity index (χ1n) is 7.27. The van der Waals surface area contributed by atoms with Crippen LogP contribution < -0.4 is 5.73 Å². The number of fused-ring (bicyclic) bond motifs is 1. The Morgan fingerprint density at radius 3 is 2.57 bits per heavy atom. The predicted octanol–water partition coefficient (Wildman–Crippen LogP) is 2.59. The molecule has 0 bridgehead atoms. The molecule has 0 radical (unpaired) electrons. The second-order valence-corrected chi connectivity index (χ2v) is 5.44. The third-order valence-electron chi connectivity index (χ3n) is 4.05. The lowest BCUT2D eigenvalue weighted by Gasteiger charge is -2.09. The summed E-state index contributed by atoms with van der Waals surface area (Å²) in [5.41, 5.74) is 8.33. The Labute approximate surface area is 122 Å². The number of nitrogens with zero attached hydrogens (tertiary/aromatic N) is 5. The molecule has 106 valence electrons. The maximum atomic E-state index is 6.04. The van der Waals surface area contributed by atoms with E-state index in [2.05, 4.69) is 20.3 Å². The summed E-state index contributed by atoms with van der Waals surface area (Å²) >= 11 is 0. The molecule has 0 spiro atoms. The van der Waals surface area contributed by atoms with Gasteiger partial charge in [-0.15, -0.1) is 5.10 Å². The molecule has 6 heteroatoms. The fraction of sp³-hybridized carbons (Fsp3) is 0.333. The molecule has 1 aromatic carbocycles. The van der Waals surface area contributed by atoms with Crippen LogP contribution in [0.5, 0.6) is 0 Å². The maximum absolute atomic E-state index is 6.04. The largest absolute Gasteiger partial charge is 0.382 e. The van der Waals surface area contributed by atoms with E-state index >= 15 is 0 Å². The van der Waals surface area contributed by atoms with Gasteiger partial charge in [0.1, 0.15) is 0 Å². The second kappa shape index (κ2) is 4.80. The first-order valence-corrected chi connectivity index (χ1v) is 7.27. The van der Waals surface area contributed by atoms with Gasteiger partial charge in [-0.25, -0.2) is 14.6 Å². The van der Waals surface area contributed by atoms with Crippen LogP contribution in [0.3, 0.4) is 0 Å². The Kier molecular flexibility index (Phi) is 2.80. The van der Waals surface area contributed by atoms with Crippen LogP contribution in [0.2, 0.25) is 0 Å². The third-order valence-corrected chi connectivity index (χ3v) is 4.05. The Bertz CT molecular complexity index is 773. The molecule has 21 heavy (non-hydrogen) atoms. The van der Waals surface area contributed by atoms with Crippen LogP contribution in [0, 0.1) is 0 Å². The molecule has 0 saturated heterocycles. The van der Waals surface area contributed by atoms with Crippen LogP contribution in [0.25, 0.3) is 22.6 Å². The fourth-order valence-corrected chi connectivity index (χ4v) is 2.96. The highest BCUT2D eigenvalue weighted by molar-refractivity contribution is 5.83. The van der Waals surface area contributed by atoms with Gasteiger partial charge in [-0.1, -0.05) is 48.4 Å². The number of nitrogens with two attached hydrogens (primary N) is 1. The Balaban J connectivity index is 1.89. The Morgan fingerprint density at radius 2 is 1.81 bits per heavy atom. The van der Waals surface area contributed by atoms with E-state index < -0.39 is 0 Å². The van der Waals surface area contributed by atoms with Gasteiger partial charge in [0, 0.05) is 5.56 Å². The lowest BCUT2D eigenvalue weighted by Crippen LogP contribution is -2.08. The van der Waals surface area contributed by atoms with Crippen molar-refractivity contribution in [1.29, 1.82) is 0 Å². The van der Waals surface area contributed by atoms with Crippen molar-refractivity contribution >= 4 is 17.0 Å². The van der Waals surface area contributed by atoms with Crippen LogP contribution >= 0.6 is 0 Å². The van der Waals surface area contributed by atoms with Crippen molar-refractivity contribution in [2.45, 2.75) is 31.7 Å². The maximum Gasteiger partial charge on any atom is 0.184 e. The molecule has 2 N–H and O–H groups in total. The number of hydrogen-bond acceptors (Lipinski definition) is 5. The van der Waals surface area contributed by atoms with Crippen molar-refractivity contribution in [3.63, 3.8) is 0 Å². The van der Waals surface area contributed by atoms with Gasteiger partial charge in [-0.05, 0) is 12.8 Å². The van der Waals surface area contributed by atoms with Crippen LogP contribution in [0.15, 0.2) is 30.3 Å². The molecular formula is C15H16N6. The van der Waals surface area contributed by atoms with Gasteiger partial charge in [0.05, 0.1) is 6.04 Å². The molecule has 2 heterocycles. The number of benzene rings is 1. The first-order chi connectivity index (χ1) is 10.3. The zero-order chi connectivity index (χ0) is 14.2. The highest BCUT2D eigenvalue weighted by Crippen LogP contribution is 2.31. The van der Waals surface area contributed by atoms with Crippen LogP contribution in [0.1, 0.15) is 31.7 Å². The molecule has 2 aromatic heterocycles. The average molecular weight is 280 g/mol. The molecule has 1 saturated carbocycles. The molecular weight excluding hydrogens is 264 g/mol. The van der Waals surface area contributed by atoms with Gasteiger partial charge >= 0.3 is 0 Å². The molecule has 0 atom stereocenters. The lowest BCUT2D eigenvalue weighted by molar-refractivity contribution is 0.464. The van der Waals surface area contributed by atoms with E-state index in [9.17, 15) is 0 Å². The summed E-state index contributed by atoms with van der Waals surface area (Å²) in [6.07, 6.45) is 4.72. The monoisotopic (exact) mass is 280 g/mol. The Hall–Kier alpha value is -2.50. The fourth-order valence-electron chi connectivity index (χ4n) is 2.96. The van der Waals surface area contributed by atoms with E-state index in [-0.39, 0.29) is 0 Å². The molecule has 4 rings (SSSR count). The van der Waals surface area contributed by atoms with Crippen molar-refractivity contribution in [1.82, 2.24) is 25.0 Å². The van der Waals surface area contributed by atoms with Crippen LogP contribution in [-0.4, -0.2) is 25.0 Å². The number of anilines is 1. The van der Waals surface area contributed by atoms with Gasteiger partial charge in [0.2, 0.25) is 0 Å². The quantitative estimate of drug-likeness (QED) is 0.780. The van der Waals surface area contributed by atoms with E-state index in [0.717, 1.165) is 24.1 Å². The number of aromatic nitrogens is 5. The molecule has 6 nitrogen and oxygen atoms in total. The smallest absolute Gasteiger partial charge is 0.184 e. The predicted molar refractivity (Wildman–Crippen MR) is 80.5 cm³/mol. The Morgan fingerprint density at radius 1 is 1.05 bits per heavy atom. The summed E-state index contributed by atoms with van der Waals surface area (Å²) in [6.45, 7) is 0. The third kappa shape index (κ3) is 2.03. The summed E-state index contributed by atoms with van der Waals surface area (Å²) in [7, 11) is 0. The second-order valence-electron chi connectivity index (χ2n) is 5.44. The summed E-state index contributed by atoms with van der Waals surface area (Å²) < 4.78 is 1.92. The van der Waals surface area contributed by atoms with Crippen molar-refractivity contribution < 1.29 is 0 Å². The van der Waals surface area contributed by atoms with Crippen LogP contribution in [-0.2, 0) is 0 Å². The van der Waals surface area contributed by atoms with E-state index in [1.807, 2.05) is 35.0 Å². The topological polar surface area (TPSA) is 82.5 Å². The van der Waals surface area contributed by atoms with Gasteiger partial charge in [-0.2, -0.15) is 0 Å². The average Bonchev–Trinajstić information content (AvgIpc) is 3.16. The molecule has 1 fully saturated rings. The first kappa shape index (κ1) is 12.3. The standard InChI is InChI=1S/C15H16N6/c16-13-12-15(21(20-19-12)11-8-4-5-9-11)18-14(17-13)10-6-2-1-3-7-10/h1-3,6-7,11H,4-5,8-9H2,(H2,16,17,18). The molecule has 0 aliphatic heterocycles. The van der Waals surface area contributed by atoms with Crippen LogP contribution in [0.4, 0.5) is 5.82 Å². The SMILES string of the molecule is Nc1nc(-c2ccccc2)nc2c1nnn2C1CCCC1. The highest BCUT2D eigenvalue weighted by Gasteiger charge is 2.22. The van der Waals surface area contributed by atoms with E-state index in [4.69, 9.17) is 5.73 Å². The zero-order valence-electron chi connectivity index (χ0n) is 11.6. The van der Waals surface area contributed by atoms with Gasteiger partial charge < -0.3 is 5.73 Å².